The molecule has 5 heteroatoms. The van der Waals surface area contributed by atoms with Crippen molar-refractivity contribution in [1.29, 1.82) is 0 Å². The van der Waals surface area contributed by atoms with Gasteiger partial charge in [-0.15, -0.1) is 11.3 Å². The van der Waals surface area contributed by atoms with Crippen molar-refractivity contribution in [3.05, 3.63) is 57.8 Å². The van der Waals surface area contributed by atoms with E-state index >= 15 is 0 Å². The van der Waals surface area contributed by atoms with E-state index in [1.54, 1.807) is 22.3 Å². The highest BCUT2D eigenvalue weighted by atomic mass is 32.1. The van der Waals surface area contributed by atoms with E-state index in [0.29, 0.717) is 6.54 Å². The van der Waals surface area contributed by atoms with Gasteiger partial charge >= 0.3 is 5.97 Å². The van der Waals surface area contributed by atoms with Crippen LogP contribution in [-0.4, -0.2) is 25.0 Å². The fourth-order valence-corrected chi connectivity index (χ4v) is 3.57. The molecule has 0 bridgehead atoms. The standard InChI is InChI=1S/C19H19NO3S/c1-14-10-12-24-17(14)8-9-19(22)23-13-18(21)20-11-4-6-15-5-2-3-7-16(15)20/h2-3,5,7-10,12H,4,6,11,13H2,1H3/b9-8+. The molecule has 0 atom stereocenters. The van der Waals surface area contributed by atoms with Gasteiger partial charge in [-0.2, -0.15) is 0 Å². The zero-order chi connectivity index (χ0) is 16.9. The highest BCUT2D eigenvalue weighted by Gasteiger charge is 2.22. The van der Waals surface area contributed by atoms with E-state index < -0.39 is 5.97 Å². The van der Waals surface area contributed by atoms with Crippen molar-refractivity contribution in [2.45, 2.75) is 19.8 Å². The number of rotatable bonds is 4. The Hall–Kier alpha value is -2.40. The number of hydrogen-bond donors (Lipinski definition) is 0. The van der Waals surface area contributed by atoms with Gasteiger partial charge < -0.3 is 9.64 Å². The summed E-state index contributed by atoms with van der Waals surface area (Å²) in [5, 5.41) is 1.97. The zero-order valence-corrected chi connectivity index (χ0v) is 14.3. The van der Waals surface area contributed by atoms with Gasteiger partial charge in [-0.1, -0.05) is 18.2 Å². The molecule has 0 saturated heterocycles. The number of para-hydroxylation sites is 1. The lowest BCUT2D eigenvalue weighted by Crippen LogP contribution is -2.38. The minimum Gasteiger partial charge on any atom is -0.452 e. The number of aryl methyl sites for hydroxylation is 2. The molecule has 1 aromatic heterocycles. The SMILES string of the molecule is Cc1ccsc1/C=C/C(=O)OCC(=O)N1CCCc2ccccc21. The maximum absolute atomic E-state index is 12.4. The molecule has 124 valence electrons. The van der Waals surface area contributed by atoms with Crippen molar-refractivity contribution in [1.82, 2.24) is 0 Å². The van der Waals surface area contributed by atoms with Crippen LogP contribution in [0.1, 0.15) is 22.4 Å². The number of thiophene rings is 1. The summed E-state index contributed by atoms with van der Waals surface area (Å²) in [7, 11) is 0. The number of carbonyl (C=O) groups excluding carboxylic acids is 2. The topological polar surface area (TPSA) is 46.6 Å². The van der Waals surface area contributed by atoms with Crippen molar-refractivity contribution < 1.29 is 14.3 Å². The van der Waals surface area contributed by atoms with Crippen molar-refractivity contribution in [2.24, 2.45) is 0 Å². The molecular weight excluding hydrogens is 322 g/mol. The Labute approximate surface area is 145 Å². The van der Waals surface area contributed by atoms with E-state index in [9.17, 15) is 9.59 Å². The molecule has 1 aromatic carbocycles. The van der Waals surface area contributed by atoms with Crippen molar-refractivity contribution in [2.75, 3.05) is 18.1 Å². The Morgan fingerprint density at radius 2 is 2.12 bits per heavy atom. The van der Waals surface area contributed by atoms with Crippen molar-refractivity contribution in [3.8, 4) is 0 Å². The predicted molar refractivity (Wildman–Crippen MR) is 96.2 cm³/mol. The van der Waals surface area contributed by atoms with Crippen LogP contribution in [-0.2, 0) is 20.7 Å². The number of nitrogens with zero attached hydrogens (tertiary/aromatic N) is 1. The Bertz CT molecular complexity index is 778. The Balaban J connectivity index is 1.57. The summed E-state index contributed by atoms with van der Waals surface area (Å²) in [6.07, 6.45) is 5.00. The van der Waals surface area contributed by atoms with Gasteiger partial charge in [0.2, 0.25) is 0 Å². The van der Waals surface area contributed by atoms with Crippen LogP contribution >= 0.6 is 11.3 Å². The van der Waals surface area contributed by atoms with Gasteiger partial charge in [0.1, 0.15) is 0 Å². The Kier molecular flexibility index (Phi) is 5.11. The van der Waals surface area contributed by atoms with Crippen LogP contribution in [0.5, 0.6) is 0 Å². The third-order valence-corrected chi connectivity index (χ3v) is 5.01. The second-order valence-electron chi connectivity index (χ2n) is 5.69. The lowest BCUT2D eigenvalue weighted by Gasteiger charge is -2.29. The first-order valence-corrected chi connectivity index (χ1v) is 8.80. The van der Waals surface area contributed by atoms with Crippen molar-refractivity contribution >= 4 is 35.0 Å². The second-order valence-corrected chi connectivity index (χ2v) is 6.63. The first-order chi connectivity index (χ1) is 11.6. The second kappa shape index (κ2) is 7.45. The third-order valence-electron chi connectivity index (χ3n) is 4.02. The van der Waals surface area contributed by atoms with Gasteiger partial charge in [0.05, 0.1) is 0 Å². The Morgan fingerprint density at radius 3 is 2.92 bits per heavy atom. The van der Waals surface area contributed by atoms with Crippen LogP contribution in [0.3, 0.4) is 0 Å². The molecule has 0 spiro atoms. The van der Waals surface area contributed by atoms with Crippen LogP contribution in [0, 0.1) is 6.92 Å². The zero-order valence-electron chi connectivity index (χ0n) is 13.5. The van der Waals surface area contributed by atoms with Gasteiger partial charge in [-0.25, -0.2) is 4.79 Å². The lowest BCUT2D eigenvalue weighted by atomic mass is 10.0. The summed E-state index contributed by atoms with van der Waals surface area (Å²) in [6.45, 7) is 2.41. The van der Waals surface area contributed by atoms with E-state index in [2.05, 4.69) is 0 Å². The summed E-state index contributed by atoms with van der Waals surface area (Å²) in [6, 6.07) is 9.86. The van der Waals surface area contributed by atoms with E-state index in [1.165, 1.54) is 6.08 Å². The summed E-state index contributed by atoms with van der Waals surface area (Å²) >= 11 is 1.56. The fraction of sp³-hybridized carbons (Fsp3) is 0.263. The first kappa shape index (κ1) is 16.5. The highest BCUT2D eigenvalue weighted by Crippen LogP contribution is 2.26. The molecule has 3 rings (SSSR count). The van der Waals surface area contributed by atoms with E-state index in [1.807, 2.05) is 42.6 Å². The number of benzene rings is 1. The number of amides is 1. The predicted octanol–water partition coefficient (Wildman–Crippen LogP) is 3.59. The smallest absolute Gasteiger partial charge is 0.331 e. The molecule has 2 aromatic rings. The van der Waals surface area contributed by atoms with Gasteiger partial charge in [0.15, 0.2) is 6.61 Å². The van der Waals surface area contributed by atoms with Crippen LogP contribution < -0.4 is 4.90 Å². The first-order valence-electron chi connectivity index (χ1n) is 7.92. The minimum atomic E-state index is -0.499. The van der Waals surface area contributed by atoms with E-state index in [-0.39, 0.29) is 12.5 Å². The maximum atomic E-state index is 12.4. The van der Waals surface area contributed by atoms with Gasteiger partial charge in [0.25, 0.3) is 5.91 Å². The van der Waals surface area contributed by atoms with Crippen LogP contribution in [0.25, 0.3) is 6.08 Å². The molecule has 24 heavy (non-hydrogen) atoms. The molecular formula is C19H19NO3S. The molecule has 0 saturated carbocycles. The average Bonchev–Trinajstić information content (AvgIpc) is 3.02. The van der Waals surface area contributed by atoms with Crippen molar-refractivity contribution in [3.63, 3.8) is 0 Å². The number of carbonyl (C=O) groups is 2. The molecule has 1 aliphatic heterocycles. The van der Waals surface area contributed by atoms with Gasteiger partial charge in [0, 0.05) is 23.2 Å². The monoisotopic (exact) mass is 341 g/mol. The van der Waals surface area contributed by atoms with Crippen LogP contribution in [0.4, 0.5) is 5.69 Å². The summed E-state index contributed by atoms with van der Waals surface area (Å²) in [5.41, 5.74) is 3.20. The highest BCUT2D eigenvalue weighted by molar-refractivity contribution is 7.11. The average molecular weight is 341 g/mol. The Morgan fingerprint density at radius 1 is 1.29 bits per heavy atom. The quantitative estimate of drug-likeness (QED) is 0.631. The molecule has 0 aliphatic carbocycles. The molecule has 0 radical (unpaired) electrons. The van der Waals surface area contributed by atoms with Gasteiger partial charge in [-0.3, -0.25) is 4.79 Å². The maximum Gasteiger partial charge on any atom is 0.331 e. The number of esters is 1. The summed E-state index contributed by atoms with van der Waals surface area (Å²) < 4.78 is 5.10. The van der Waals surface area contributed by atoms with Crippen LogP contribution in [0.2, 0.25) is 0 Å². The molecule has 0 N–H and O–H groups in total. The summed E-state index contributed by atoms with van der Waals surface area (Å²) in [5.74, 6) is -0.683. The molecule has 0 unspecified atom stereocenters. The van der Waals surface area contributed by atoms with E-state index in [0.717, 1.165) is 34.5 Å². The van der Waals surface area contributed by atoms with Gasteiger partial charge in [-0.05, 0) is 54.5 Å². The van der Waals surface area contributed by atoms with Crippen LogP contribution in [0.15, 0.2) is 41.8 Å². The number of ether oxygens (including phenoxy) is 1. The third kappa shape index (κ3) is 3.74. The van der Waals surface area contributed by atoms with E-state index in [4.69, 9.17) is 4.74 Å². The number of hydrogen-bond acceptors (Lipinski definition) is 4. The fourth-order valence-electron chi connectivity index (χ4n) is 2.75. The normalized spacial score (nSPS) is 13.8. The molecule has 2 heterocycles. The molecule has 1 aliphatic rings. The number of anilines is 1. The minimum absolute atomic E-state index is 0.184. The molecule has 4 nitrogen and oxygen atoms in total. The number of fused-ring (bicyclic) bond motifs is 1. The largest absolute Gasteiger partial charge is 0.452 e. The summed E-state index contributed by atoms with van der Waals surface area (Å²) in [4.78, 5) is 26.9. The lowest BCUT2D eigenvalue weighted by molar-refractivity contribution is -0.142. The molecule has 0 fully saturated rings. The molecule has 1 amide bonds.